The Morgan fingerprint density at radius 3 is 2.92 bits per heavy atom. The van der Waals surface area contributed by atoms with Crippen LogP contribution in [-0.4, -0.2) is 18.7 Å². The molecule has 70 valence electrons. The van der Waals surface area contributed by atoms with Gasteiger partial charge < -0.3 is 10.4 Å². The van der Waals surface area contributed by atoms with Crippen molar-refractivity contribution in [3.63, 3.8) is 0 Å². The van der Waals surface area contributed by atoms with Crippen LogP contribution >= 0.6 is 11.6 Å². The van der Waals surface area contributed by atoms with E-state index in [-0.39, 0.29) is 5.75 Å². The molecule has 0 aliphatic rings. The van der Waals surface area contributed by atoms with Crippen molar-refractivity contribution >= 4 is 17.7 Å². The Morgan fingerprint density at radius 1 is 1.54 bits per heavy atom. The molecule has 0 heterocycles. The summed E-state index contributed by atoms with van der Waals surface area (Å²) in [6, 6.07) is 5.06. The largest absolute Gasteiger partial charge is 0.507 e. The first-order chi connectivity index (χ1) is 6.24. The van der Waals surface area contributed by atoms with Crippen LogP contribution in [0.15, 0.2) is 24.3 Å². The smallest absolute Gasteiger partial charge is 0.124 e. The second-order valence-electron chi connectivity index (χ2n) is 2.66. The molecule has 13 heavy (non-hydrogen) atoms. The Bertz CT molecular complexity index is 310. The standard InChI is InChI=1S/C10H12ClNO/c1-12-6-2-3-8-4-5-9(11)7-10(8)13/h2-5,7,12-13H,6H2,1H3. The molecular weight excluding hydrogens is 186 g/mol. The van der Waals surface area contributed by atoms with E-state index in [9.17, 15) is 5.11 Å². The summed E-state index contributed by atoms with van der Waals surface area (Å²) >= 11 is 5.68. The fraction of sp³-hybridized carbons (Fsp3) is 0.200. The van der Waals surface area contributed by atoms with Crippen molar-refractivity contribution in [1.29, 1.82) is 0 Å². The molecule has 0 aromatic heterocycles. The predicted molar refractivity (Wildman–Crippen MR) is 56.1 cm³/mol. The summed E-state index contributed by atoms with van der Waals surface area (Å²) in [5.41, 5.74) is 0.777. The molecule has 2 N–H and O–H groups in total. The van der Waals surface area contributed by atoms with E-state index in [4.69, 9.17) is 11.6 Å². The minimum Gasteiger partial charge on any atom is -0.507 e. The van der Waals surface area contributed by atoms with Crippen LogP contribution in [0.5, 0.6) is 5.75 Å². The van der Waals surface area contributed by atoms with Gasteiger partial charge in [0.2, 0.25) is 0 Å². The highest BCUT2D eigenvalue weighted by molar-refractivity contribution is 6.30. The number of rotatable bonds is 3. The summed E-state index contributed by atoms with van der Waals surface area (Å²) in [4.78, 5) is 0. The van der Waals surface area contributed by atoms with Gasteiger partial charge in [-0.15, -0.1) is 0 Å². The predicted octanol–water partition coefficient (Wildman–Crippen LogP) is 2.28. The van der Waals surface area contributed by atoms with Gasteiger partial charge in [-0.05, 0) is 25.2 Å². The van der Waals surface area contributed by atoms with Crippen LogP contribution in [0, 0.1) is 0 Å². The van der Waals surface area contributed by atoms with E-state index >= 15 is 0 Å². The summed E-state index contributed by atoms with van der Waals surface area (Å²) in [6.45, 7) is 0.780. The number of halogens is 1. The molecule has 0 aliphatic carbocycles. The number of benzene rings is 1. The molecular formula is C10H12ClNO. The lowest BCUT2D eigenvalue weighted by molar-refractivity contribution is 0.474. The Labute approximate surface area is 82.8 Å². The number of phenols is 1. The normalized spacial score (nSPS) is 10.9. The maximum atomic E-state index is 9.43. The van der Waals surface area contributed by atoms with Crippen molar-refractivity contribution < 1.29 is 5.11 Å². The van der Waals surface area contributed by atoms with Gasteiger partial charge in [0.25, 0.3) is 0 Å². The van der Waals surface area contributed by atoms with Crippen LogP contribution in [0.2, 0.25) is 5.02 Å². The Hall–Kier alpha value is -0.990. The SMILES string of the molecule is CNCC=Cc1ccc(Cl)cc1O. The monoisotopic (exact) mass is 197 g/mol. The first-order valence-corrected chi connectivity index (χ1v) is 4.41. The minimum atomic E-state index is 0.208. The summed E-state index contributed by atoms with van der Waals surface area (Å²) in [7, 11) is 1.87. The van der Waals surface area contributed by atoms with E-state index in [0.29, 0.717) is 5.02 Å². The molecule has 3 heteroatoms. The molecule has 1 aromatic carbocycles. The van der Waals surface area contributed by atoms with Gasteiger partial charge >= 0.3 is 0 Å². The van der Waals surface area contributed by atoms with Gasteiger partial charge in [0, 0.05) is 17.1 Å². The van der Waals surface area contributed by atoms with Crippen molar-refractivity contribution in [1.82, 2.24) is 5.32 Å². The molecule has 0 unspecified atom stereocenters. The van der Waals surface area contributed by atoms with E-state index in [2.05, 4.69) is 5.32 Å². The molecule has 0 fully saturated rings. The maximum absolute atomic E-state index is 9.43. The third kappa shape index (κ3) is 3.09. The van der Waals surface area contributed by atoms with Crippen molar-refractivity contribution in [3.8, 4) is 5.75 Å². The van der Waals surface area contributed by atoms with Crippen LogP contribution in [0.4, 0.5) is 0 Å². The Morgan fingerprint density at radius 2 is 2.31 bits per heavy atom. The van der Waals surface area contributed by atoms with Crippen LogP contribution in [0.3, 0.4) is 0 Å². The van der Waals surface area contributed by atoms with Gasteiger partial charge in [-0.25, -0.2) is 0 Å². The van der Waals surface area contributed by atoms with Crippen molar-refractivity contribution in [2.24, 2.45) is 0 Å². The van der Waals surface area contributed by atoms with Gasteiger partial charge in [0.05, 0.1) is 0 Å². The second-order valence-corrected chi connectivity index (χ2v) is 3.10. The molecule has 0 saturated heterocycles. The summed E-state index contributed by atoms with van der Waals surface area (Å²) in [5.74, 6) is 0.208. The Kier molecular flexibility index (Phi) is 3.80. The lowest BCUT2D eigenvalue weighted by Crippen LogP contribution is -2.03. The van der Waals surface area contributed by atoms with E-state index in [1.807, 2.05) is 19.2 Å². The molecule has 0 saturated carbocycles. The lowest BCUT2D eigenvalue weighted by Gasteiger charge is -1.98. The third-order valence-corrected chi connectivity index (χ3v) is 1.85. The van der Waals surface area contributed by atoms with E-state index in [1.165, 1.54) is 6.07 Å². The average molecular weight is 198 g/mol. The topological polar surface area (TPSA) is 32.3 Å². The highest BCUT2D eigenvalue weighted by atomic mass is 35.5. The molecule has 1 aromatic rings. The van der Waals surface area contributed by atoms with Crippen LogP contribution in [0.25, 0.3) is 6.08 Å². The van der Waals surface area contributed by atoms with Gasteiger partial charge in [-0.1, -0.05) is 23.8 Å². The molecule has 1 rings (SSSR count). The summed E-state index contributed by atoms with van der Waals surface area (Å²) < 4.78 is 0. The van der Waals surface area contributed by atoms with E-state index in [1.54, 1.807) is 12.1 Å². The van der Waals surface area contributed by atoms with Gasteiger partial charge in [-0.2, -0.15) is 0 Å². The summed E-state index contributed by atoms with van der Waals surface area (Å²) in [6.07, 6.45) is 3.78. The summed E-state index contributed by atoms with van der Waals surface area (Å²) in [5, 5.41) is 13.0. The quantitative estimate of drug-likeness (QED) is 0.779. The average Bonchev–Trinajstić information content (AvgIpc) is 2.09. The lowest BCUT2D eigenvalue weighted by atomic mass is 10.2. The van der Waals surface area contributed by atoms with Gasteiger partial charge in [0.15, 0.2) is 0 Å². The van der Waals surface area contributed by atoms with Crippen molar-refractivity contribution in [2.45, 2.75) is 0 Å². The Balaban J connectivity index is 2.77. The number of nitrogens with one attached hydrogen (secondary N) is 1. The van der Waals surface area contributed by atoms with Gasteiger partial charge in [-0.3, -0.25) is 0 Å². The highest BCUT2D eigenvalue weighted by Gasteiger charge is 1.96. The molecule has 0 radical (unpaired) electrons. The molecule has 0 amide bonds. The molecule has 0 atom stereocenters. The van der Waals surface area contributed by atoms with E-state index < -0.39 is 0 Å². The number of hydrogen-bond acceptors (Lipinski definition) is 2. The zero-order chi connectivity index (χ0) is 9.68. The number of phenolic OH excluding ortho intramolecular Hbond substituents is 1. The van der Waals surface area contributed by atoms with Crippen molar-refractivity contribution in [2.75, 3.05) is 13.6 Å². The molecule has 0 spiro atoms. The minimum absolute atomic E-state index is 0.208. The first-order valence-electron chi connectivity index (χ1n) is 4.03. The molecule has 0 bridgehead atoms. The number of likely N-dealkylation sites (N-methyl/N-ethyl adjacent to an activating group) is 1. The van der Waals surface area contributed by atoms with Gasteiger partial charge in [0.1, 0.15) is 5.75 Å². The highest BCUT2D eigenvalue weighted by Crippen LogP contribution is 2.22. The maximum Gasteiger partial charge on any atom is 0.124 e. The zero-order valence-electron chi connectivity index (χ0n) is 7.42. The number of aromatic hydroxyl groups is 1. The van der Waals surface area contributed by atoms with Crippen LogP contribution in [0.1, 0.15) is 5.56 Å². The first kappa shape index (κ1) is 10.1. The van der Waals surface area contributed by atoms with Crippen molar-refractivity contribution in [3.05, 3.63) is 34.9 Å². The van der Waals surface area contributed by atoms with Crippen LogP contribution in [-0.2, 0) is 0 Å². The van der Waals surface area contributed by atoms with Crippen LogP contribution < -0.4 is 5.32 Å². The fourth-order valence-corrected chi connectivity index (χ4v) is 1.13. The second kappa shape index (κ2) is 4.90. The molecule has 2 nitrogen and oxygen atoms in total. The third-order valence-electron chi connectivity index (χ3n) is 1.61. The van der Waals surface area contributed by atoms with E-state index in [0.717, 1.165) is 12.1 Å². The zero-order valence-corrected chi connectivity index (χ0v) is 8.17. The number of hydrogen-bond donors (Lipinski definition) is 2. The fourth-order valence-electron chi connectivity index (χ4n) is 0.962. The molecule has 0 aliphatic heterocycles.